The largest absolute Gasteiger partial charge is 0.496 e. The number of benzene rings is 2. The van der Waals surface area contributed by atoms with Gasteiger partial charge in [-0.2, -0.15) is 0 Å². The first kappa shape index (κ1) is 13.4. The first-order valence-corrected chi connectivity index (χ1v) is 6.65. The Morgan fingerprint density at radius 1 is 1.14 bits per heavy atom. The lowest BCUT2D eigenvalue weighted by molar-refractivity contribution is 0.415. The fourth-order valence-electron chi connectivity index (χ4n) is 2.29. The Labute approximate surface area is 122 Å². The van der Waals surface area contributed by atoms with Crippen molar-refractivity contribution in [3.05, 3.63) is 72.6 Å². The molecule has 0 aliphatic rings. The van der Waals surface area contributed by atoms with E-state index in [1.54, 1.807) is 25.7 Å². The van der Waals surface area contributed by atoms with Crippen LogP contribution in [0.5, 0.6) is 5.75 Å². The van der Waals surface area contributed by atoms with Crippen LogP contribution in [0, 0.1) is 5.82 Å². The maximum absolute atomic E-state index is 13.4. The third-order valence-corrected chi connectivity index (χ3v) is 3.35. The fourth-order valence-corrected chi connectivity index (χ4v) is 2.29. The maximum Gasteiger partial charge on any atom is 0.126 e. The van der Waals surface area contributed by atoms with Crippen LogP contribution in [0.4, 0.5) is 4.39 Å². The summed E-state index contributed by atoms with van der Waals surface area (Å²) < 4.78 is 20.7. The lowest BCUT2D eigenvalue weighted by Crippen LogP contribution is -1.96. The lowest BCUT2D eigenvalue weighted by atomic mass is 10.0. The molecule has 0 atom stereocenters. The van der Waals surface area contributed by atoms with Gasteiger partial charge in [0, 0.05) is 24.5 Å². The quantitative estimate of drug-likeness (QED) is 0.728. The van der Waals surface area contributed by atoms with Gasteiger partial charge >= 0.3 is 0 Å². The number of rotatable bonds is 4. The van der Waals surface area contributed by atoms with Gasteiger partial charge in [-0.3, -0.25) is 0 Å². The SMILES string of the molecule is COc1ccc(F)cc1-c1ccc(Cn2ccnc2)cc1. The van der Waals surface area contributed by atoms with E-state index in [9.17, 15) is 4.39 Å². The number of hydrogen-bond donors (Lipinski definition) is 0. The Morgan fingerprint density at radius 2 is 1.95 bits per heavy atom. The third-order valence-electron chi connectivity index (χ3n) is 3.35. The molecule has 4 heteroatoms. The summed E-state index contributed by atoms with van der Waals surface area (Å²) in [6, 6.07) is 12.5. The molecule has 0 aliphatic heterocycles. The molecule has 0 amide bonds. The van der Waals surface area contributed by atoms with E-state index in [1.807, 2.05) is 35.0 Å². The van der Waals surface area contributed by atoms with E-state index in [4.69, 9.17) is 4.74 Å². The standard InChI is InChI=1S/C17H15FN2O/c1-21-17-7-6-15(18)10-16(17)14-4-2-13(3-5-14)11-20-9-8-19-12-20/h2-10,12H,11H2,1H3. The normalized spacial score (nSPS) is 10.6. The van der Waals surface area contributed by atoms with Crippen LogP contribution in [0.3, 0.4) is 0 Å². The van der Waals surface area contributed by atoms with Crippen LogP contribution in [0.2, 0.25) is 0 Å². The molecule has 1 heterocycles. The van der Waals surface area contributed by atoms with Crippen LogP contribution in [-0.2, 0) is 6.54 Å². The molecule has 0 fully saturated rings. The zero-order valence-corrected chi connectivity index (χ0v) is 11.7. The average molecular weight is 282 g/mol. The zero-order valence-electron chi connectivity index (χ0n) is 11.7. The Kier molecular flexibility index (Phi) is 3.69. The molecule has 21 heavy (non-hydrogen) atoms. The highest BCUT2D eigenvalue weighted by atomic mass is 19.1. The summed E-state index contributed by atoms with van der Waals surface area (Å²) >= 11 is 0. The van der Waals surface area contributed by atoms with Crippen molar-refractivity contribution in [2.24, 2.45) is 0 Å². The monoisotopic (exact) mass is 282 g/mol. The van der Waals surface area contributed by atoms with Gasteiger partial charge in [-0.1, -0.05) is 24.3 Å². The maximum atomic E-state index is 13.4. The smallest absolute Gasteiger partial charge is 0.126 e. The summed E-state index contributed by atoms with van der Waals surface area (Å²) in [6.07, 6.45) is 5.46. The predicted molar refractivity (Wildman–Crippen MR) is 79.7 cm³/mol. The van der Waals surface area contributed by atoms with Gasteiger partial charge in [0.2, 0.25) is 0 Å². The van der Waals surface area contributed by atoms with Gasteiger partial charge in [-0.15, -0.1) is 0 Å². The third kappa shape index (κ3) is 2.94. The molecule has 0 radical (unpaired) electrons. The van der Waals surface area contributed by atoms with Gasteiger partial charge in [0.1, 0.15) is 11.6 Å². The van der Waals surface area contributed by atoms with Crippen molar-refractivity contribution in [1.29, 1.82) is 0 Å². The van der Waals surface area contributed by atoms with Crippen molar-refractivity contribution in [1.82, 2.24) is 9.55 Å². The Morgan fingerprint density at radius 3 is 2.62 bits per heavy atom. The lowest BCUT2D eigenvalue weighted by Gasteiger charge is -2.10. The van der Waals surface area contributed by atoms with E-state index in [1.165, 1.54) is 12.1 Å². The Hall–Kier alpha value is -2.62. The molecule has 1 aromatic heterocycles. The van der Waals surface area contributed by atoms with E-state index in [-0.39, 0.29) is 5.82 Å². The molecule has 3 rings (SSSR count). The first-order valence-electron chi connectivity index (χ1n) is 6.65. The summed E-state index contributed by atoms with van der Waals surface area (Å²) in [6.45, 7) is 0.764. The molecule has 2 aromatic carbocycles. The van der Waals surface area contributed by atoms with Gasteiger partial charge in [-0.25, -0.2) is 9.37 Å². The molecule has 0 N–H and O–H groups in total. The van der Waals surface area contributed by atoms with Crippen LogP contribution in [-0.4, -0.2) is 16.7 Å². The highest BCUT2D eigenvalue weighted by molar-refractivity contribution is 5.70. The van der Waals surface area contributed by atoms with E-state index in [2.05, 4.69) is 4.98 Å². The van der Waals surface area contributed by atoms with Crippen LogP contribution in [0.1, 0.15) is 5.56 Å². The number of aromatic nitrogens is 2. The van der Waals surface area contributed by atoms with Crippen molar-refractivity contribution in [3.8, 4) is 16.9 Å². The molecule has 3 aromatic rings. The number of hydrogen-bond acceptors (Lipinski definition) is 2. The highest BCUT2D eigenvalue weighted by Gasteiger charge is 2.07. The van der Waals surface area contributed by atoms with E-state index in [0.29, 0.717) is 5.75 Å². The van der Waals surface area contributed by atoms with Gasteiger partial charge < -0.3 is 9.30 Å². The van der Waals surface area contributed by atoms with Crippen molar-refractivity contribution >= 4 is 0 Å². The highest BCUT2D eigenvalue weighted by Crippen LogP contribution is 2.30. The van der Waals surface area contributed by atoms with Crippen LogP contribution in [0.15, 0.2) is 61.2 Å². The van der Waals surface area contributed by atoms with E-state index >= 15 is 0 Å². The second kappa shape index (κ2) is 5.79. The number of halogens is 1. The van der Waals surface area contributed by atoms with Gasteiger partial charge in [0.25, 0.3) is 0 Å². The molecular weight excluding hydrogens is 267 g/mol. The molecule has 0 aliphatic carbocycles. The minimum atomic E-state index is -0.270. The van der Waals surface area contributed by atoms with E-state index in [0.717, 1.165) is 23.2 Å². The van der Waals surface area contributed by atoms with Gasteiger partial charge in [-0.05, 0) is 29.3 Å². The van der Waals surface area contributed by atoms with Crippen LogP contribution < -0.4 is 4.74 Å². The summed E-state index contributed by atoms with van der Waals surface area (Å²) in [5.74, 6) is 0.395. The summed E-state index contributed by atoms with van der Waals surface area (Å²) in [5, 5.41) is 0. The molecule has 0 saturated carbocycles. The second-order valence-electron chi connectivity index (χ2n) is 4.78. The minimum Gasteiger partial charge on any atom is -0.496 e. The molecule has 0 unspecified atom stereocenters. The number of nitrogens with zero attached hydrogens (tertiary/aromatic N) is 2. The van der Waals surface area contributed by atoms with Gasteiger partial charge in [0.15, 0.2) is 0 Å². The van der Waals surface area contributed by atoms with Crippen LogP contribution in [0.25, 0.3) is 11.1 Å². The van der Waals surface area contributed by atoms with Crippen molar-refractivity contribution in [2.45, 2.75) is 6.54 Å². The zero-order chi connectivity index (χ0) is 14.7. The topological polar surface area (TPSA) is 27.1 Å². The molecule has 106 valence electrons. The van der Waals surface area contributed by atoms with Crippen LogP contribution >= 0.6 is 0 Å². The summed E-state index contributed by atoms with van der Waals surface area (Å²) in [5.41, 5.74) is 2.85. The molecular formula is C17H15FN2O. The van der Waals surface area contributed by atoms with E-state index < -0.39 is 0 Å². The molecule has 0 bridgehead atoms. The molecule has 0 saturated heterocycles. The predicted octanol–water partition coefficient (Wildman–Crippen LogP) is 3.75. The number of imidazole rings is 1. The minimum absolute atomic E-state index is 0.270. The fraction of sp³-hybridized carbons (Fsp3) is 0.118. The molecule has 0 spiro atoms. The van der Waals surface area contributed by atoms with Crippen molar-refractivity contribution in [2.75, 3.05) is 7.11 Å². The first-order chi connectivity index (χ1) is 10.3. The molecule has 3 nitrogen and oxygen atoms in total. The number of ether oxygens (including phenoxy) is 1. The summed E-state index contributed by atoms with van der Waals surface area (Å²) in [7, 11) is 1.59. The van der Waals surface area contributed by atoms with Crippen molar-refractivity contribution in [3.63, 3.8) is 0 Å². The average Bonchev–Trinajstić information content (AvgIpc) is 3.01. The Balaban J connectivity index is 1.88. The summed E-state index contributed by atoms with van der Waals surface area (Å²) in [4.78, 5) is 4.02. The number of methoxy groups -OCH3 is 1. The Bertz CT molecular complexity index is 721. The second-order valence-corrected chi connectivity index (χ2v) is 4.78. The van der Waals surface area contributed by atoms with Gasteiger partial charge in [0.05, 0.1) is 13.4 Å². The van der Waals surface area contributed by atoms with Crippen molar-refractivity contribution < 1.29 is 9.13 Å².